The van der Waals surface area contributed by atoms with Gasteiger partial charge >= 0.3 is 0 Å². The van der Waals surface area contributed by atoms with Crippen LogP contribution in [-0.2, 0) is 0 Å². The van der Waals surface area contributed by atoms with E-state index in [1.807, 2.05) is 50.2 Å². The highest BCUT2D eigenvalue weighted by atomic mass is 16.5. The van der Waals surface area contributed by atoms with Crippen LogP contribution in [-0.4, -0.2) is 23.5 Å². The number of fused-ring (bicyclic) bond motifs is 5. The average Bonchev–Trinajstić information content (AvgIpc) is 2.64. The molecule has 1 N–H and O–H groups in total. The molecule has 5 rings (SSSR count). The second-order valence-electron chi connectivity index (χ2n) is 7.62. The lowest BCUT2D eigenvalue weighted by molar-refractivity contribution is 0.0840. The van der Waals surface area contributed by atoms with Crippen LogP contribution in [0.3, 0.4) is 0 Å². The van der Waals surface area contributed by atoms with Crippen LogP contribution >= 0.6 is 0 Å². The molecule has 1 aliphatic heterocycles. The van der Waals surface area contributed by atoms with Gasteiger partial charge in [-0.2, -0.15) is 0 Å². The molecule has 139 valence electrons. The van der Waals surface area contributed by atoms with E-state index in [-0.39, 0.29) is 11.2 Å². The van der Waals surface area contributed by atoms with Crippen LogP contribution in [0.5, 0.6) is 11.5 Å². The summed E-state index contributed by atoms with van der Waals surface area (Å²) in [5.74, 6) is 0.628. The van der Waals surface area contributed by atoms with Crippen molar-refractivity contribution in [1.29, 1.82) is 0 Å². The monoisotopic (exact) mass is 372 g/mol. The summed E-state index contributed by atoms with van der Waals surface area (Å²) in [6, 6.07) is 13.3. The normalized spacial score (nSPS) is 15.6. The van der Waals surface area contributed by atoms with E-state index < -0.39 is 5.60 Å². The lowest BCUT2D eigenvalue weighted by atomic mass is 9.91. The molecule has 3 aromatic carbocycles. The van der Waals surface area contributed by atoms with Crippen LogP contribution in [0.1, 0.15) is 24.2 Å². The van der Waals surface area contributed by atoms with Crippen LogP contribution < -0.4 is 14.9 Å². The first kappa shape index (κ1) is 16.8. The van der Waals surface area contributed by atoms with Crippen molar-refractivity contribution in [3.8, 4) is 11.5 Å². The molecule has 0 bridgehead atoms. The number of aromatic nitrogens is 1. The zero-order chi connectivity index (χ0) is 19.6. The van der Waals surface area contributed by atoms with Crippen LogP contribution in [0.4, 0.5) is 0 Å². The van der Waals surface area contributed by atoms with Gasteiger partial charge in [0.05, 0.1) is 35.5 Å². The zero-order valence-corrected chi connectivity index (χ0v) is 15.8. The van der Waals surface area contributed by atoms with Crippen molar-refractivity contribution in [1.82, 2.24) is 4.98 Å². The lowest BCUT2D eigenvalue weighted by Gasteiger charge is -2.32. The third-order valence-electron chi connectivity index (χ3n) is 5.19. The van der Waals surface area contributed by atoms with Crippen LogP contribution in [0.2, 0.25) is 0 Å². The number of nitrogens with one attached hydrogen (secondary N) is 1. The SMILES string of the molecule is COc1cc2c(c3[nH]c4cc5ccccc5cc4c(=O)c13)C(=O)[CH]C(C)(C)O2. The number of carbonyl (C=O) groups is 1. The summed E-state index contributed by atoms with van der Waals surface area (Å²) >= 11 is 0. The number of H-pyrrole nitrogens is 1. The molecular formula is C23H18NO4. The number of benzene rings is 3. The second-order valence-corrected chi connectivity index (χ2v) is 7.62. The van der Waals surface area contributed by atoms with Gasteiger partial charge in [0, 0.05) is 11.5 Å². The van der Waals surface area contributed by atoms with Gasteiger partial charge in [0.25, 0.3) is 0 Å². The molecule has 1 aliphatic rings. The minimum absolute atomic E-state index is 0.172. The first-order chi connectivity index (χ1) is 13.4. The fourth-order valence-corrected chi connectivity index (χ4v) is 3.97. The number of hydrogen-bond donors (Lipinski definition) is 1. The van der Waals surface area contributed by atoms with E-state index in [9.17, 15) is 9.59 Å². The molecule has 0 spiro atoms. The molecule has 1 radical (unpaired) electrons. The van der Waals surface area contributed by atoms with Gasteiger partial charge < -0.3 is 14.5 Å². The molecule has 2 heterocycles. The molecule has 1 aromatic heterocycles. The predicted octanol–water partition coefficient (Wildman–Crippen LogP) is 4.40. The summed E-state index contributed by atoms with van der Waals surface area (Å²) in [7, 11) is 1.51. The number of methoxy groups -OCH3 is 1. The number of pyridine rings is 1. The Morgan fingerprint density at radius 2 is 1.75 bits per heavy atom. The molecule has 0 fully saturated rings. The number of ether oxygens (including phenoxy) is 2. The van der Waals surface area contributed by atoms with Crippen molar-refractivity contribution in [3.05, 3.63) is 64.7 Å². The maximum atomic E-state index is 13.4. The van der Waals surface area contributed by atoms with E-state index in [1.54, 1.807) is 6.07 Å². The standard InChI is InChI=1S/C23H18NO4/c1-23(2)11-16(25)19-18(28-23)10-17(27-3)20-21(19)24-15-9-13-7-5-4-6-12(13)8-14(15)22(20)26/h4-11H,1-3H3,(H,24,26). The number of rotatable bonds is 1. The van der Waals surface area contributed by atoms with Crippen molar-refractivity contribution in [2.45, 2.75) is 19.4 Å². The minimum atomic E-state index is -0.726. The van der Waals surface area contributed by atoms with Gasteiger partial charge in [-0.25, -0.2) is 0 Å². The first-order valence-electron chi connectivity index (χ1n) is 9.07. The Morgan fingerprint density at radius 3 is 2.46 bits per heavy atom. The maximum Gasteiger partial charge on any atom is 0.201 e. The number of Topliss-reactive ketones (excluding diaryl/α,β-unsaturated/α-hetero) is 1. The molecule has 5 heteroatoms. The maximum absolute atomic E-state index is 13.4. The molecule has 0 saturated carbocycles. The number of aromatic amines is 1. The van der Waals surface area contributed by atoms with Crippen molar-refractivity contribution in [2.24, 2.45) is 0 Å². The van der Waals surface area contributed by atoms with E-state index in [4.69, 9.17) is 9.47 Å². The van der Waals surface area contributed by atoms with E-state index in [2.05, 4.69) is 4.98 Å². The summed E-state index contributed by atoms with van der Waals surface area (Å²) in [4.78, 5) is 29.5. The van der Waals surface area contributed by atoms with Crippen molar-refractivity contribution in [3.63, 3.8) is 0 Å². The summed E-state index contributed by atoms with van der Waals surface area (Å²) in [6.45, 7) is 3.64. The van der Waals surface area contributed by atoms with Gasteiger partial charge in [0.1, 0.15) is 17.1 Å². The topological polar surface area (TPSA) is 68.4 Å². The Kier molecular flexibility index (Phi) is 3.35. The molecule has 0 amide bonds. The number of ketones is 1. The van der Waals surface area contributed by atoms with Gasteiger partial charge in [0.2, 0.25) is 5.43 Å². The highest BCUT2D eigenvalue weighted by Gasteiger charge is 2.36. The zero-order valence-electron chi connectivity index (χ0n) is 15.8. The molecule has 28 heavy (non-hydrogen) atoms. The van der Waals surface area contributed by atoms with Crippen LogP contribution in [0, 0.1) is 6.42 Å². The fraction of sp³-hybridized carbons (Fsp3) is 0.174. The Hall–Kier alpha value is -3.34. The molecule has 0 saturated heterocycles. The summed E-state index contributed by atoms with van der Waals surface area (Å²) in [5.41, 5.74) is 0.577. The Morgan fingerprint density at radius 1 is 1.04 bits per heavy atom. The smallest absolute Gasteiger partial charge is 0.201 e. The molecule has 4 aromatic rings. The molecule has 0 unspecified atom stereocenters. The molecule has 5 nitrogen and oxygen atoms in total. The molecule has 0 atom stereocenters. The van der Waals surface area contributed by atoms with Crippen LogP contribution in [0.15, 0.2) is 47.3 Å². The summed E-state index contributed by atoms with van der Waals surface area (Å²) in [6.07, 6.45) is 1.53. The van der Waals surface area contributed by atoms with Gasteiger partial charge in [-0.3, -0.25) is 9.59 Å². The third kappa shape index (κ3) is 2.32. The summed E-state index contributed by atoms with van der Waals surface area (Å²) < 4.78 is 11.5. The predicted molar refractivity (Wildman–Crippen MR) is 109 cm³/mol. The molecular weight excluding hydrogens is 354 g/mol. The Labute approximate surface area is 160 Å². The highest BCUT2D eigenvalue weighted by Crippen LogP contribution is 2.40. The second kappa shape index (κ2) is 5.58. The third-order valence-corrected chi connectivity index (χ3v) is 5.19. The summed E-state index contributed by atoms with van der Waals surface area (Å²) in [5, 5.41) is 2.90. The Balaban J connectivity index is 1.97. The van der Waals surface area contributed by atoms with Crippen molar-refractivity contribution in [2.75, 3.05) is 7.11 Å². The van der Waals surface area contributed by atoms with E-state index in [0.29, 0.717) is 38.9 Å². The average molecular weight is 372 g/mol. The fourth-order valence-electron chi connectivity index (χ4n) is 3.97. The van der Waals surface area contributed by atoms with Crippen molar-refractivity contribution < 1.29 is 14.3 Å². The van der Waals surface area contributed by atoms with E-state index in [0.717, 1.165) is 10.8 Å². The Bertz CT molecular complexity index is 1360. The number of carbonyl (C=O) groups excluding carboxylic acids is 1. The molecule has 0 aliphatic carbocycles. The largest absolute Gasteiger partial charge is 0.496 e. The van der Waals surface area contributed by atoms with Gasteiger partial charge in [-0.1, -0.05) is 24.3 Å². The van der Waals surface area contributed by atoms with E-state index >= 15 is 0 Å². The van der Waals surface area contributed by atoms with Gasteiger partial charge in [-0.15, -0.1) is 0 Å². The quantitative estimate of drug-likeness (QED) is 0.503. The first-order valence-corrected chi connectivity index (χ1v) is 9.07. The lowest BCUT2D eigenvalue weighted by Crippen LogP contribution is -2.37. The van der Waals surface area contributed by atoms with Gasteiger partial charge in [0.15, 0.2) is 5.78 Å². The van der Waals surface area contributed by atoms with Crippen LogP contribution in [0.25, 0.3) is 32.6 Å². The van der Waals surface area contributed by atoms with Crippen molar-refractivity contribution >= 4 is 38.4 Å². The highest BCUT2D eigenvalue weighted by molar-refractivity contribution is 6.17. The minimum Gasteiger partial charge on any atom is -0.496 e. The number of hydrogen-bond acceptors (Lipinski definition) is 4. The van der Waals surface area contributed by atoms with E-state index in [1.165, 1.54) is 13.5 Å². The van der Waals surface area contributed by atoms with Gasteiger partial charge in [-0.05, 0) is 36.8 Å².